The maximum absolute atomic E-state index is 12.1. The summed E-state index contributed by atoms with van der Waals surface area (Å²) in [5, 5.41) is 1.88. The molecular weight excluding hydrogens is 300 g/mol. The lowest BCUT2D eigenvalue weighted by molar-refractivity contribution is 0.597. The Bertz CT molecular complexity index is 607. The molecule has 0 aliphatic heterocycles. The quantitative estimate of drug-likeness (QED) is 0.827. The van der Waals surface area contributed by atoms with Crippen LogP contribution in [0.25, 0.3) is 0 Å². The Hall–Kier alpha value is -0.890. The van der Waals surface area contributed by atoms with Crippen molar-refractivity contribution in [3.63, 3.8) is 0 Å². The molecule has 102 valence electrons. The first-order valence-electron chi connectivity index (χ1n) is 5.66. The zero-order valence-electron chi connectivity index (χ0n) is 10.2. The van der Waals surface area contributed by atoms with Crippen molar-refractivity contribution < 1.29 is 8.42 Å². The zero-order valence-corrected chi connectivity index (χ0v) is 12.6. The maximum atomic E-state index is 12.1. The summed E-state index contributed by atoms with van der Waals surface area (Å²) >= 11 is 2.98. The number of aromatic nitrogens is 1. The SMILES string of the molecule is NCc1ccc(S(=O)(=O)CCSc2nccs2)cc1. The number of sulfone groups is 1. The molecule has 0 bridgehead atoms. The molecule has 0 saturated carbocycles. The highest BCUT2D eigenvalue weighted by Crippen LogP contribution is 2.21. The van der Waals surface area contributed by atoms with Crippen LogP contribution in [-0.2, 0) is 16.4 Å². The predicted molar refractivity (Wildman–Crippen MR) is 79.2 cm³/mol. The van der Waals surface area contributed by atoms with Crippen molar-refractivity contribution in [2.75, 3.05) is 11.5 Å². The highest BCUT2D eigenvalue weighted by Gasteiger charge is 2.14. The molecule has 4 nitrogen and oxygen atoms in total. The molecule has 0 radical (unpaired) electrons. The van der Waals surface area contributed by atoms with Gasteiger partial charge in [0, 0.05) is 23.9 Å². The number of nitrogens with zero attached hydrogens (tertiary/aromatic N) is 1. The lowest BCUT2D eigenvalue weighted by Gasteiger charge is -2.04. The number of hydrogen-bond donors (Lipinski definition) is 1. The molecule has 0 aliphatic rings. The van der Waals surface area contributed by atoms with Crippen molar-refractivity contribution in [1.29, 1.82) is 0 Å². The summed E-state index contributed by atoms with van der Waals surface area (Å²) in [7, 11) is -3.22. The number of thiazole rings is 1. The fourth-order valence-corrected chi connectivity index (χ4v) is 4.83. The summed E-state index contributed by atoms with van der Waals surface area (Å²) in [5.74, 6) is 0.619. The third-order valence-corrected chi connectivity index (χ3v) is 6.46. The summed E-state index contributed by atoms with van der Waals surface area (Å²) in [4.78, 5) is 4.46. The van der Waals surface area contributed by atoms with Gasteiger partial charge in [0.2, 0.25) is 0 Å². The average Bonchev–Trinajstić information content (AvgIpc) is 2.92. The van der Waals surface area contributed by atoms with Crippen LogP contribution in [0.4, 0.5) is 0 Å². The standard InChI is InChI=1S/C12H14N2O2S3/c13-9-10-1-3-11(4-2-10)19(15,16)8-7-18-12-14-5-6-17-12/h1-6H,7-9,13H2. The minimum Gasteiger partial charge on any atom is -0.326 e. The summed E-state index contributed by atoms with van der Waals surface area (Å²) < 4.78 is 25.1. The fourth-order valence-electron chi connectivity index (χ4n) is 1.47. The Labute approximate surface area is 121 Å². The molecule has 2 aromatic rings. The highest BCUT2D eigenvalue weighted by molar-refractivity contribution is 8.02. The first kappa shape index (κ1) is 14.5. The summed E-state index contributed by atoms with van der Waals surface area (Å²) in [5.41, 5.74) is 6.41. The van der Waals surface area contributed by atoms with Gasteiger partial charge in [-0.15, -0.1) is 11.3 Å². The van der Waals surface area contributed by atoms with E-state index in [0.717, 1.165) is 9.90 Å². The topological polar surface area (TPSA) is 73.1 Å². The molecule has 2 N–H and O–H groups in total. The molecule has 7 heteroatoms. The van der Waals surface area contributed by atoms with Crippen molar-refractivity contribution in [2.24, 2.45) is 5.73 Å². The maximum Gasteiger partial charge on any atom is 0.179 e. The molecule has 0 amide bonds. The van der Waals surface area contributed by atoms with Crippen molar-refractivity contribution in [3.8, 4) is 0 Å². The number of thioether (sulfide) groups is 1. The van der Waals surface area contributed by atoms with Gasteiger partial charge in [0.25, 0.3) is 0 Å². The van der Waals surface area contributed by atoms with Crippen LogP contribution in [0.5, 0.6) is 0 Å². The van der Waals surface area contributed by atoms with E-state index in [9.17, 15) is 8.42 Å². The Morgan fingerprint density at radius 3 is 2.58 bits per heavy atom. The Morgan fingerprint density at radius 2 is 2.00 bits per heavy atom. The van der Waals surface area contributed by atoms with Crippen molar-refractivity contribution >= 4 is 32.9 Å². The molecule has 1 aromatic heterocycles. The van der Waals surface area contributed by atoms with Gasteiger partial charge in [-0.25, -0.2) is 13.4 Å². The number of benzene rings is 1. The van der Waals surface area contributed by atoms with Crippen LogP contribution in [0.15, 0.2) is 45.1 Å². The molecule has 0 fully saturated rings. The molecule has 19 heavy (non-hydrogen) atoms. The molecule has 0 unspecified atom stereocenters. The van der Waals surface area contributed by atoms with Crippen LogP contribution in [0.2, 0.25) is 0 Å². The minimum atomic E-state index is -3.22. The van der Waals surface area contributed by atoms with E-state index in [2.05, 4.69) is 4.98 Å². The van der Waals surface area contributed by atoms with Crippen LogP contribution in [0.3, 0.4) is 0 Å². The molecule has 2 rings (SSSR count). The average molecular weight is 314 g/mol. The van der Waals surface area contributed by atoms with Gasteiger partial charge in [-0.3, -0.25) is 0 Å². The van der Waals surface area contributed by atoms with E-state index in [1.165, 1.54) is 23.1 Å². The van der Waals surface area contributed by atoms with Gasteiger partial charge in [-0.05, 0) is 17.7 Å². The van der Waals surface area contributed by atoms with E-state index >= 15 is 0 Å². The van der Waals surface area contributed by atoms with Crippen molar-refractivity contribution in [3.05, 3.63) is 41.4 Å². The van der Waals surface area contributed by atoms with Gasteiger partial charge >= 0.3 is 0 Å². The van der Waals surface area contributed by atoms with Crippen LogP contribution in [0.1, 0.15) is 5.56 Å². The molecule has 1 heterocycles. The predicted octanol–water partition coefficient (Wildman–Crippen LogP) is 2.17. The van der Waals surface area contributed by atoms with Gasteiger partial charge in [0.1, 0.15) is 4.34 Å². The summed E-state index contributed by atoms with van der Waals surface area (Å²) in [6.45, 7) is 0.417. The Morgan fingerprint density at radius 1 is 1.26 bits per heavy atom. The van der Waals surface area contributed by atoms with E-state index in [4.69, 9.17) is 5.73 Å². The van der Waals surface area contributed by atoms with Gasteiger partial charge in [0.15, 0.2) is 9.84 Å². The smallest absolute Gasteiger partial charge is 0.179 e. The highest BCUT2D eigenvalue weighted by atomic mass is 32.2. The Balaban J connectivity index is 1.97. The number of hydrogen-bond acceptors (Lipinski definition) is 6. The van der Waals surface area contributed by atoms with Gasteiger partial charge in [-0.2, -0.15) is 0 Å². The molecule has 0 atom stereocenters. The van der Waals surface area contributed by atoms with Crippen molar-refractivity contribution in [1.82, 2.24) is 4.98 Å². The van der Waals surface area contributed by atoms with Gasteiger partial charge in [0.05, 0.1) is 10.6 Å². The third kappa shape index (κ3) is 4.04. The van der Waals surface area contributed by atoms with Gasteiger partial charge < -0.3 is 5.73 Å². The lowest BCUT2D eigenvalue weighted by Crippen LogP contribution is -2.09. The molecular formula is C12H14N2O2S3. The van der Waals surface area contributed by atoms with Gasteiger partial charge in [-0.1, -0.05) is 23.9 Å². The minimum absolute atomic E-state index is 0.110. The number of nitrogens with two attached hydrogens (primary N) is 1. The van der Waals surface area contributed by atoms with Crippen LogP contribution < -0.4 is 5.73 Å². The second-order valence-electron chi connectivity index (χ2n) is 3.81. The largest absolute Gasteiger partial charge is 0.326 e. The summed E-state index contributed by atoms with van der Waals surface area (Å²) in [6.07, 6.45) is 1.72. The van der Waals surface area contributed by atoms with Crippen LogP contribution in [-0.4, -0.2) is 24.9 Å². The number of rotatable bonds is 6. The van der Waals surface area contributed by atoms with Crippen molar-refractivity contribution in [2.45, 2.75) is 15.8 Å². The molecule has 1 aromatic carbocycles. The second-order valence-corrected chi connectivity index (χ2v) is 8.16. The first-order chi connectivity index (χ1) is 9.12. The first-order valence-corrected chi connectivity index (χ1v) is 9.17. The van der Waals surface area contributed by atoms with E-state index < -0.39 is 9.84 Å². The zero-order chi connectivity index (χ0) is 13.7. The van der Waals surface area contributed by atoms with Crippen LogP contribution >= 0.6 is 23.1 Å². The summed E-state index contributed by atoms with van der Waals surface area (Å²) in [6, 6.07) is 6.73. The van der Waals surface area contributed by atoms with E-state index in [1.807, 2.05) is 5.38 Å². The fraction of sp³-hybridized carbons (Fsp3) is 0.250. The van der Waals surface area contributed by atoms with Crippen LogP contribution in [0, 0.1) is 0 Å². The second kappa shape index (κ2) is 6.51. The van der Waals surface area contributed by atoms with E-state index in [0.29, 0.717) is 17.2 Å². The monoisotopic (exact) mass is 314 g/mol. The molecule has 0 saturated heterocycles. The van der Waals surface area contributed by atoms with E-state index in [-0.39, 0.29) is 5.75 Å². The molecule has 0 spiro atoms. The Kier molecular flexibility index (Phi) is 4.98. The third-order valence-electron chi connectivity index (χ3n) is 2.51. The molecule has 0 aliphatic carbocycles. The van der Waals surface area contributed by atoms with E-state index in [1.54, 1.807) is 30.5 Å². The lowest BCUT2D eigenvalue weighted by atomic mass is 10.2. The normalized spacial score (nSPS) is 11.6.